The molecule has 0 saturated heterocycles. The molecule has 0 amide bonds. The standard InChI is InChI=1S/C13H21NS/c1-10(2)14-9-12-6-5-11(12)8-13-4-3-7-15-13/h3-4,7,10-12,14H,5-6,8-9H2,1-2H3. The molecule has 0 spiro atoms. The minimum Gasteiger partial charge on any atom is -0.314 e. The molecular weight excluding hydrogens is 202 g/mol. The summed E-state index contributed by atoms with van der Waals surface area (Å²) in [6.45, 7) is 5.67. The number of nitrogens with one attached hydrogen (secondary N) is 1. The summed E-state index contributed by atoms with van der Waals surface area (Å²) < 4.78 is 0. The van der Waals surface area contributed by atoms with Crippen LogP contribution in [0.25, 0.3) is 0 Å². The molecule has 2 rings (SSSR count). The van der Waals surface area contributed by atoms with Crippen LogP contribution < -0.4 is 5.32 Å². The monoisotopic (exact) mass is 223 g/mol. The van der Waals surface area contributed by atoms with Crippen LogP contribution >= 0.6 is 11.3 Å². The van der Waals surface area contributed by atoms with Crippen molar-refractivity contribution in [2.45, 2.75) is 39.2 Å². The molecule has 0 aliphatic heterocycles. The zero-order chi connectivity index (χ0) is 10.7. The fraction of sp³-hybridized carbons (Fsp3) is 0.692. The van der Waals surface area contributed by atoms with E-state index in [2.05, 4.69) is 36.7 Å². The summed E-state index contributed by atoms with van der Waals surface area (Å²) in [4.78, 5) is 1.56. The van der Waals surface area contributed by atoms with Crippen molar-refractivity contribution in [2.24, 2.45) is 11.8 Å². The fourth-order valence-corrected chi connectivity index (χ4v) is 3.05. The maximum absolute atomic E-state index is 3.56. The first kappa shape index (κ1) is 11.2. The smallest absolute Gasteiger partial charge is 0.00480 e. The molecule has 1 saturated carbocycles. The van der Waals surface area contributed by atoms with Crippen molar-refractivity contribution in [1.82, 2.24) is 5.32 Å². The van der Waals surface area contributed by atoms with E-state index < -0.39 is 0 Å². The quantitative estimate of drug-likeness (QED) is 0.807. The molecule has 0 aromatic carbocycles. The van der Waals surface area contributed by atoms with Gasteiger partial charge in [-0.3, -0.25) is 0 Å². The Hall–Kier alpha value is -0.340. The normalized spacial score (nSPS) is 25.5. The van der Waals surface area contributed by atoms with Gasteiger partial charge in [-0.05, 0) is 49.1 Å². The Balaban J connectivity index is 1.74. The van der Waals surface area contributed by atoms with Crippen LogP contribution in [0.1, 0.15) is 31.6 Å². The minimum absolute atomic E-state index is 0.632. The number of hydrogen-bond donors (Lipinski definition) is 1. The summed E-state index contributed by atoms with van der Waals surface area (Å²) in [5.41, 5.74) is 0. The molecule has 1 fully saturated rings. The van der Waals surface area contributed by atoms with Crippen LogP contribution in [0, 0.1) is 11.8 Å². The predicted octanol–water partition coefficient (Wildman–Crippen LogP) is 3.31. The lowest BCUT2D eigenvalue weighted by Crippen LogP contribution is -2.38. The van der Waals surface area contributed by atoms with E-state index in [9.17, 15) is 0 Å². The Morgan fingerprint density at radius 1 is 1.40 bits per heavy atom. The average Bonchev–Trinajstić information content (AvgIpc) is 2.64. The highest BCUT2D eigenvalue weighted by Gasteiger charge is 2.30. The highest BCUT2D eigenvalue weighted by atomic mass is 32.1. The van der Waals surface area contributed by atoms with Gasteiger partial charge in [-0.1, -0.05) is 19.9 Å². The lowest BCUT2D eigenvalue weighted by atomic mass is 9.71. The molecule has 2 atom stereocenters. The van der Waals surface area contributed by atoms with Gasteiger partial charge in [0, 0.05) is 10.9 Å². The SMILES string of the molecule is CC(C)NCC1CCC1Cc1cccs1. The van der Waals surface area contributed by atoms with Crippen LogP contribution in [0.2, 0.25) is 0 Å². The maximum atomic E-state index is 3.56. The van der Waals surface area contributed by atoms with Gasteiger partial charge >= 0.3 is 0 Å². The van der Waals surface area contributed by atoms with Gasteiger partial charge in [-0.2, -0.15) is 0 Å². The highest BCUT2D eigenvalue weighted by molar-refractivity contribution is 7.09. The number of thiophene rings is 1. The molecular formula is C13H21NS. The average molecular weight is 223 g/mol. The molecule has 0 radical (unpaired) electrons. The predicted molar refractivity (Wildman–Crippen MR) is 67.4 cm³/mol. The van der Waals surface area contributed by atoms with Crippen molar-refractivity contribution < 1.29 is 0 Å². The number of rotatable bonds is 5. The van der Waals surface area contributed by atoms with E-state index in [1.54, 1.807) is 4.88 Å². The van der Waals surface area contributed by atoms with Crippen molar-refractivity contribution in [3.63, 3.8) is 0 Å². The van der Waals surface area contributed by atoms with Crippen molar-refractivity contribution in [2.75, 3.05) is 6.54 Å². The summed E-state index contributed by atoms with van der Waals surface area (Å²) in [5.74, 6) is 1.87. The summed E-state index contributed by atoms with van der Waals surface area (Å²) in [5, 5.41) is 5.75. The molecule has 15 heavy (non-hydrogen) atoms. The topological polar surface area (TPSA) is 12.0 Å². The van der Waals surface area contributed by atoms with Crippen molar-refractivity contribution in [1.29, 1.82) is 0 Å². The van der Waals surface area contributed by atoms with Crippen molar-refractivity contribution in [3.8, 4) is 0 Å². The van der Waals surface area contributed by atoms with Gasteiger partial charge in [-0.15, -0.1) is 11.3 Å². The summed E-state index contributed by atoms with van der Waals surface area (Å²) in [7, 11) is 0. The molecule has 1 aliphatic carbocycles. The fourth-order valence-electron chi connectivity index (χ4n) is 2.25. The van der Waals surface area contributed by atoms with Crippen LogP contribution in [0.15, 0.2) is 17.5 Å². The highest BCUT2D eigenvalue weighted by Crippen LogP contribution is 2.37. The van der Waals surface area contributed by atoms with Crippen LogP contribution in [0.3, 0.4) is 0 Å². The largest absolute Gasteiger partial charge is 0.314 e. The van der Waals surface area contributed by atoms with E-state index in [0.29, 0.717) is 6.04 Å². The maximum Gasteiger partial charge on any atom is 0.00480 e. The van der Waals surface area contributed by atoms with E-state index >= 15 is 0 Å². The molecule has 1 nitrogen and oxygen atoms in total. The van der Waals surface area contributed by atoms with E-state index in [4.69, 9.17) is 0 Å². The Labute approximate surface area is 96.9 Å². The van der Waals surface area contributed by atoms with Gasteiger partial charge in [0.1, 0.15) is 0 Å². The van der Waals surface area contributed by atoms with Gasteiger partial charge in [0.2, 0.25) is 0 Å². The summed E-state index contributed by atoms with van der Waals surface area (Å²) >= 11 is 1.91. The Bertz CT molecular complexity index is 279. The van der Waals surface area contributed by atoms with Crippen LogP contribution in [0.5, 0.6) is 0 Å². The Morgan fingerprint density at radius 3 is 2.73 bits per heavy atom. The Kier molecular flexibility index (Phi) is 3.81. The first-order chi connectivity index (χ1) is 7.25. The molecule has 2 unspecified atom stereocenters. The third kappa shape index (κ3) is 3.05. The molecule has 1 aromatic rings. The van der Waals surface area contributed by atoms with Gasteiger partial charge < -0.3 is 5.32 Å². The van der Waals surface area contributed by atoms with Gasteiger partial charge in [0.05, 0.1) is 0 Å². The molecule has 1 aromatic heterocycles. The van der Waals surface area contributed by atoms with E-state index in [1.807, 2.05) is 11.3 Å². The lowest BCUT2D eigenvalue weighted by Gasteiger charge is -2.37. The second kappa shape index (κ2) is 5.13. The molecule has 2 heteroatoms. The number of hydrogen-bond acceptors (Lipinski definition) is 2. The molecule has 84 valence electrons. The van der Waals surface area contributed by atoms with Crippen molar-refractivity contribution >= 4 is 11.3 Å². The third-order valence-corrected chi connectivity index (χ3v) is 4.31. The minimum atomic E-state index is 0.632. The summed E-state index contributed by atoms with van der Waals surface area (Å²) in [6, 6.07) is 5.07. The zero-order valence-corrected chi connectivity index (χ0v) is 10.5. The third-order valence-electron chi connectivity index (χ3n) is 3.41. The lowest BCUT2D eigenvalue weighted by molar-refractivity contribution is 0.169. The van der Waals surface area contributed by atoms with Crippen LogP contribution in [-0.2, 0) is 6.42 Å². The molecule has 0 bridgehead atoms. The van der Waals surface area contributed by atoms with Crippen LogP contribution in [-0.4, -0.2) is 12.6 Å². The van der Waals surface area contributed by atoms with E-state index in [0.717, 1.165) is 11.8 Å². The van der Waals surface area contributed by atoms with E-state index in [1.165, 1.54) is 25.8 Å². The first-order valence-electron chi connectivity index (χ1n) is 6.01. The van der Waals surface area contributed by atoms with Gasteiger partial charge in [0.15, 0.2) is 0 Å². The van der Waals surface area contributed by atoms with Gasteiger partial charge in [-0.25, -0.2) is 0 Å². The van der Waals surface area contributed by atoms with Crippen molar-refractivity contribution in [3.05, 3.63) is 22.4 Å². The molecule has 1 N–H and O–H groups in total. The summed E-state index contributed by atoms with van der Waals surface area (Å²) in [6.07, 6.45) is 4.17. The van der Waals surface area contributed by atoms with Gasteiger partial charge in [0.25, 0.3) is 0 Å². The molecule has 1 aliphatic rings. The second-order valence-electron chi connectivity index (χ2n) is 4.94. The first-order valence-corrected chi connectivity index (χ1v) is 6.89. The second-order valence-corrected chi connectivity index (χ2v) is 5.98. The van der Waals surface area contributed by atoms with E-state index in [-0.39, 0.29) is 0 Å². The van der Waals surface area contributed by atoms with Crippen LogP contribution in [0.4, 0.5) is 0 Å². The Morgan fingerprint density at radius 2 is 2.20 bits per heavy atom. The zero-order valence-electron chi connectivity index (χ0n) is 9.70. The molecule has 1 heterocycles.